The van der Waals surface area contributed by atoms with Crippen LogP contribution in [-0.2, 0) is 6.42 Å². The average Bonchev–Trinajstić information content (AvgIpc) is 3.10. The number of hydrogen-bond donors (Lipinski definition) is 1. The van der Waals surface area contributed by atoms with Gasteiger partial charge in [0, 0.05) is 18.2 Å². The number of aromatic amines is 1. The highest BCUT2D eigenvalue weighted by molar-refractivity contribution is 5.64. The van der Waals surface area contributed by atoms with Crippen molar-refractivity contribution < 1.29 is 4.52 Å². The molecule has 5 nitrogen and oxygen atoms in total. The molecule has 1 aromatic carbocycles. The molecule has 2 heterocycles. The highest BCUT2D eigenvalue weighted by atomic mass is 16.5. The lowest BCUT2D eigenvalue weighted by molar-refractivity contribution is 0.422. The van der Waals surface area contributed by atoms with Gasteiger partial charge in [-0.1, -0.05) is 24.2 Å². The van der Waals surface area contributed by atoms with Crippen molar-refractivity contribution in [2.45, 2.75) is 19.8 Å². The Kier molecular flexibility index (Phi) is 3.10. The molecule has 0 saturated heterocycles. The van der Waals surface area contributed by atoms with Gasteiger partial charge in [0.05, 0.1) is 5.69 Å². The molecule has 0 radical (unpaired) electrons. The molecule has 0 aliphatic rings. The van der Waals surface area contributed by atoms with Gasteiger partial charge in [0.15, 0.2) is 5.82 Å². The van der Waals surface area contributed by atoms with Gasteiger partial charge in [0.25, 0.3) is 5.89 Å². The maximum atomic E-state index is 5.25. The van der Waals surface area contributed by atoms with E-state index >= 15 is 0 Å². The van der Waals surface area contributed by atoms with Gasteiger partial charge >= 0.3 is 0 Å². The normalized spacial score (nSPS) is 10.8. The quantitative estimate of drug-likeness (QED) is 0.776. The van der Waals surface area contributed by atoms with Gasteiger partial charge in [-0.2, -0.15) is 10.1 Å². The Bertz CT molecular complexity index is 640. The maximum Gasteiger partial charge on any atom is 0.257 e. The van der Waals surface area contributed by atoms with Gasteiger partial charge < -0.3 is 4.52 Å². The number of H-pyrrole nitrogens is 1. The highest BCUT2D eigenvalue weighted by Gasteiger charge is 2.08. The number of hydrogen-bond acceptors (Lipinski definition) is 4. The van der Waals surface area contributed by atoms with E-state index in [0.717, 1.165) is 35.5 Å². The Hall–Kier alpha value is -2.43. The molecule has 0 aliphatic heterocycles. The van der Waals surface area contributed by atoms with Crippen LogP contribution in [0, 0.1) is 0 Å². The predicted molar refractivity (Wildman–Crippen MR) is 71.3 cm³/mol. The van der Waals surface area contributed by atoms with E-state index in [9.17, 15) is 0 Å². The average molecular weight is 254 g/mol. The Labute approximate surface area is 110 Å². The molecule has 0 atom stereocenters. The van der Waals surface area contributed by atoms with E-state index in [1.807, 2.05) is 30.3 Å². The number of aryl methyl sites for hydroxylation is 1. The van der Waals surface area contributed by atoms with E-state index in [-0.39, 0.29) is 0 Å². The summed E-state index contributed by atoms with van der Waals surface area (Å²) in [7, 11) is 0. The summed E-state index contributed by atoms with van der Waals surface area (Å²) in [5.74, 6) is 1.33. The zero-order valence-electron chi connectivity index (χ0n) is 10.6. The molecule has 5 heteroatoms. The van der Waals surface area contributed by atoms with Gasteiger partial charge in [0.1, 0.15) is 0 Å². The third-order valence-corrected chi connectivity index (χ3v) is 2.89. The van der Waals surface area contributed by atoms with Crippen LogP contribution in [0.3, 0.4) is 0 Å². The molecule has 19 heavy (non-hydrogen) atoms. The molecule has 0 spiro atoms. The third kappa shape index (κ3) is 2.40. The van der Waals surface area contributed by atoms with Crippen LogP contribution in [0.25, 0.3) is 22.7 Å². The summed E-state index contributed by atoms with van der Waals surface area (Å²) in [4.78, 5) is 4.36. The molecule has 0 bridgehead atoms. The molecule has 2 aromatic heterocycles. The van der Waals surface area contributed by atoms with E-state index in [1.165, 1.54) is 0 Å². The standard InChI is InChI=1S/C14H14N4O/c1-2-3-13-16-14(19-18-13)11-6-4-10(5-7-11)12-8-9-15-17-12/h4-9H,2-3H2,1H3,(H,15,17). The SMILES string of the molecule is CCCc1noc(-c2ccc(-c3ccn[nH]3)cc2)n1. The minimum Gasteiger partial charge on any atom is -0.334 e. The van der Waals surface area contributed by atoms with Crippen molar-refractivity contribution in [2.75, 3.05) is 0 Å². The minimum absolute atomic E-state index is 0.569. The largest absolute Gasteiger partial charge is 0.334 e. The van der Waals surface area contributed by atoms with Gasteiger partial charge in [-0.05, 0) is 30.2 Å². The first-order valence-corrected chi connectivity index (χ1v) is 6.29. The number of rotatable bonds is 4. The molecule has 0 unspecified atom stereocenters. The number of benzene rings is 1. The first kappa shape index (κ1) is 11.6. The summed E-state index contributed by atoms with van der Waals surface area (Å²) < 4.78 is 5.25. The van der Waals surface area contributed by atoms with Crippen LogP contribution < -0.4 is 0 Å². The number of nitrogens with zero attached hydrogens (tertiary/aromatic N) is 3. The Balaban J connectivity index is 1.85. The van der Waals surface area contributed by atoms with Gasteiger partial charge in [-0.25, -0.2) is 0 Å². The molecule has 3 rings (SSSR count). The second-order valence-corrected chi connectivity index (χ2v) is 4.31. The van der Waals surface area contributed by atoms with Crippen molar-refractivity contribution in [3.8, 4) is 22.7 Å². The molecule has 0 saturated carbocycles. The Morgan fingerprint density at radius 1 is 1.11 bits per heavy atom. The maximum absolute atomic E-state index is 5.25. The van der Waals surface area contributed by atoms with Gasteiger partial charge in [0.2, 0.25) is 0 Å². The summed E-state index contributed by atoms with van der Waals surface area (Å²) in [6, 6.07) is 9.89. The first-order valence-electron chi connectivity index (χ1n) is 6.29. The first-order chi connectivity index (χ1) is 9.36. The zero-order chi connectivity index (χ0) is 13.1. The summed E-state index contributed by atoms with van der Waals surface area (Å²) in [6.07, 6.45) is 3.59. The summed E-state index contributed by atoms with van der Waals surface area (Å²) >= 11 is 0. The van der Waals surface area contributed by atoms with Crippen molar-refractivity contribution in [1.29, 1.82) is 0 Å². The van der Waals surface area contributed by atoms with Crippen LogP contribution in [0.2, 0.25) is 0 Å². The third-order valence-electron chi connectivity index (χ3n) is 2.89. The Morgan fingerprint density at radius 2 is 1.89 bits per heavy atom. The molecular formula is C14H14N4O. The molecular weight excluding hydrogens is 240 g/mol. The predicted octanol–water partition coefficient (Wildman–Crippen LogP) is 3.08. The van der Waals surface area contributed by atoms with Crippen molar-refractivity contribution in [3.05, 3.63) is 42.4 Å². The fraction of sp³-hybridized carbons (Fsp3) is 0.214. The van der Waals surface area contributed by atoms with E-state index in [1.54, 1.807) is 6.20 Å². The minimum atomic E-state index is 0.569. The molecule has 0 fully saturated rings. The van der Waals surface area contributed by atoms with Crippen molar-refractivity contribution in [2.24, 2.45) is 0 Å². The molecule has 1 N–H and O–H groups in total. The summed E-state index contributed by atoms with van der Waals surface area (Å²) in [6.45, 7) is 2.09. The van der Waals surface area contributed by atoms with Gasteiger partial charge in [-0.3, -0.25) is 5.10 Å². The lowest BCUT2D eigenvalue weighted by Gasteiger charge is -1.98. The lowest BCUT2D eigenvalue weighted by atomic mass is 10.1. The van der Waals surface area contributed by atoms with E-state index in [4.69, 9.17) is 4.52 Å². The molecule has 0 aliphatic carbocycles. The second kappa shape index (κ2) is 5.06. The lowest BCUT2D eigenvalue weighted by Crippen LogP contribution is -1.85. The molecule has 96 valence electrons. The van der Waals surface area contributed by atoms with Crippen LogP contribution >= 0.6 is 0 Å². The fourth-order valence-electron chi connectivity index (χ4n) is 1.91. The van der Waals surface area contributed by atoms with Crippen LogP contribution in [0.5, 0.6) is 0 Å². The van der Waals surface area contributed by atoms with Crippen LogP contribution in [0.1, 0.15) is 19.2 Å². The van der Waals surface area contributed by atoms with E-state index in [2.05, 4.69) is 27.3 Å². The van der Waals surface area contributed by atoms with Crippen molar-refractivity contribution >= 4 is 0 Å². The fourth-order valence-corrected chi connectivity index (χ4v) is 1.91. The highest BCUT2D eigenvalue weighted by Crippen LogP contribution is 2.22. The van der Waals surface area contributed by atoms with E-state index < -0.39 is 0 Å². The van der Waals surface area contributed by atoms with Crippen LogP contribution in [-0.4, -0.2) is 20.3 Å². The number of aromatic nitrogens is 4. The van der Waals surface area contributed by atoms with Crippen molar-refractivity contribution in [1.82, 2.24) is 20.3 Å². The number of nitrogens with one attached hydrogen (secondary N) is 1. The summed E-state index contributed by atoms with van der Waals surface area (Å²) in [5, 5.41) is 10.8. The van der Waals surface area contributed by atoms with Crippen molar-refractivity contribution in [3.63, 3.8) is 0 Å². The summed E-state index contributed by atoms with van der Waals surface area (Å²) in [5.41, 5.74) is 3.00. The molecule has 3 aromatic rings. The monoisotopic (exact) mass is 254 g/mol. The van der Waals surface area contributed by atoms with Gasteiger partial charge in [-0.15, -0.1) is 0 Å². The second-order valence-electron chi connectivity index (χ2n) is 4.31. The smallest absolute Gasteiger partial charge is 0.257 e. The van der Waals surface area contributed by atoms with Crippen LogP contribution in [0.4, 0.5) is 0 Å². The molecule has 0 amide bonds. The topological polar surface area (TPSA) is 67.6 Å². The zero-order valence-corrected chi connectivity index (χ0v) is 10.6. The Morgan fingerprint density at radius 3 is 2.58 bits per heavy atom. The van der Waals surface area contributed by atoms with Crippen LogP contribution in [0.15, 0.2) is 41.1 Å². The van der Waals surface area contributed by atoms with E-state index in [0.29, 0.717) is 5.89 Å².